The molecule has 138 valence electrons. The van der Waals surface area contributed by atoms with Crippen molar-refractivity contribution in [2.24, 2.45) is 5.92 Å². The summed E-state index contributed by atoms with van der Waals surface area (Å²) in [6.07, 6.45) is 0.120. The Bertz CT molecular complexity index is 851. The maximum atomic E-state index is 13.2. The van der Waals surface area contributed by atoms with Crippen LogP contribution in [0.25, 0.3) is 0 Å². The lowest BCUT2D eigenvalue weighted by molar-refractivity contribution is 0.0227. The fourth-order valence-electron chi connectivity index (χ4n) is 3.47. The zero-order chi connectivity index (χ0) is 18.7. The number of amides is 1. The second kappa shape index (κ2) is 7.60. The van der Waals surface area contributed by atoms with Gasteiger partial charge in [-0.25, -0.2) is 8.42 Å². The summed E-state index contributed by atoms with van der Waals surface area (Å²) in [5.74, 6) is -0.154. The number of sulfonamides is 1. The number of benzene rings is 2. The third-order valence-corrected chi connectivity index (χ3v) is 6.50. The second-order valence-electron chi connectivity index (χ2n) is 6.80. The van der Waals surface area contributed by atoms with E-state index in [1.165, 1.54) is 4.31 Å². The smallest absolute Gasteiger partial charge is 0.255 e. The Morgan fingerprint density at radius 1 is 0.962 bits per heavy atom. The van der Waals surface area contributed by atoms with Gasteiger partial charge in [0.15, 0.2) is 0 Å². The maximum absolute atomic E-state index is 13.2. The molecule has 0 bridgehead atoms. The quantitative estimate of drug-likeness (QED) is 0.828. The van der Waals surface area contributed by atoms with Gasteiger partial charge in [0.25, 0.3) is 5.91 Å². The van der Waals surface area contributed by atoms with E-state index < -0.39 is 16.2 Å². The molecule has 1 amide bonds. The molecule has 1 fully saturated rings. The van der Waals surface area contributed by atoms with Crippen LogP contribution in [0, 0.1) is 5.92 Å². The van der Waals surface area contributed by atoms with Crippen molar-refractivity contribution in [1.82, 2.24) is 9.21 Å². The van der Waals surface area contributed by atoms with Gasteiger partial charge in [0.05, 0.1) is 4.90 Å². The fraction of sp³-hybridized carbons (Fsp3) is 0.350. The summed E-state index contributed by atoms with van der Waals surface area (Å²) in [5, 5.41) is 0. The summed E-state index contributed by atoms with van der Waals surface area (Å²) < 4.78 is 27.9. The number of hydrogen-bond acceptors (Lipinski definition) is 3. The molecule has 3 rings (SSSR count). The average Bonchev–Trinajstić information content (AvgIpc) is 2.68. The van der Waals surface area contributed by atoms with Crippen LogP contribution in [0.3, 0.4) is 0 Å². The summed E-state index contributed by atoms with van der Waals surface area (Å²) >= 11 is 0. The van der Waals surface area contributed by atoms with Crippen LogP contribution >= 0.6 is 0 Å². The van der Waals surface area contributed by atoms with Crippen LogP contribution in [0.2, 0.25) is 0 Å². The molecule has 1 saturated heterocycles. The lowest BCUT2D eigenvalue weighted by Gasteiger charge is -2.45. The Morgan fingerprint density at radius 2 is 1.54 bits per heavy atom. The highest BCUT2D eigenvalue weighted by Crippen LogP contribution is 2.29. The van der Waals surface area contributed by atoms with E-state index in [1.807, 2.05) is 32.0 Å². The highest BCUT2D eigenvalue weighted by atomic mass is 32.2. The molecule has 2 aromatic rings. The lowest BCUT2D eigenvalue weighted by Crippen LogP contribution is -2.59. The van der Waals surface area contributed by atoms with Crippen LogP contribution in [-0.4, -0.2) is 42.8 Å². The first kappa shape index (κ1) is 18.6. The van der Waals surface area contributed by atoms with Crippen LogP contribution in [0.5, 0.6) is 0 Å². The molecule has 0 radical (unpaired) electrons. The van der Waals surface area contributed by atoms with Crippen molar-refractivity contribution >= 4 is 15.9 Å². The minimum atomic E-state index is -3.67. The molecule has 0 N–H and O–H groups in total. The Balaban J connectivity index is 1.98. The van der Waals surface area contributed by atoms with E-state index in [1.54, 1.807) is 47.4 Å². The number of nitrogens with zero attached hydrogens (tertiary/aromatic N) is 2. The van der Waals surface area contributed by atoms with Crippen molar-refractivity contribution in [2.75, 3.05) is 13.1 Å². The first-order valence-corrected chi connectivity index (χ1v) is 10.3. The summed E-state index contributed by atoms with van der Waals surface area (Å²) in [7, 11) is -3.67. The summed E-state index contributed by atoms with van der Waals surface area (Å²) in [6.45, 7) is 4.87. The number of hydrogen-bond donors (Lipinski definition) is 0. The minimum absolute atomic E-state index is 0.0264. The molecule has 1 unspecified atom stereocenters. The van der Waals surface area contributed by atoms with E-state index in [9.17, 15) is 13.2 Å². The van der Waals surface area contributed by atoms with E-state index in [4.69, 9.17) is 0 Å². The standard InChI is InChI=1S/C20H24N2O3S/c1-16(2)19-21(20(23)17-10-5-3-6-11-17)14-9-15-22(19)26(24,25)18-12-7-4-8-13-18/h3-8,10-13,16,19H,9,14-15H2,1-2H3. The van der Waals surface area contributed by atoms with Crippen molar-refractivity contribution in [3.8, 4) is 0 Å². The zero-order valence-electron chi connectivity index (χ0n) is 15.1. The predicted molar refractivity (Wildman–Crippen MR) is 101 cm³/mol. The van der Waals surface area contributed by atoms with Gasteiger partial charge in [-0.15, -0.1) is 0 Å². The molecule has 0 saturated carbocycles. The molecule has 0 spiro atoms. The third-order valence-electron chi connectivity index (χ3n) is 4.62. The SMILES string of the molecule is CC(C)C1N(C(=O)c2ccccc2)CCCN1S(=O)(=O)c1ccccc1. The van der Waals surface area contributed by atoms with Crippen molar-refractivity contribution in [2.45, 2.75) is 31.3 Å². The Labute approximate surface area is 155 Å². The molecular formula is C20H24N2O3S. The van der Waals surface area contributed by atoms with Crippen LogP contribution in [0.15, 0.2) is 65.6 Å². The lowest BCUT2D eigenvalue weighted by atomic mass is 10.1. The molecule has 1 heterocycles. The molecule has 1 aliphatic heterocycles. The second-order valence-corrected chi connectivity index (χ2v) is 8.70. The Kier molecular flexibility index (Phi) is 5.44. The van der Waals surface area contributed by atoms with Gasteiger partial charge in [-0.05, 0) is 36.6 Å². The molecule has 5 nitrogen and oxygen atoms in total. The van der Waals surface area contributed by atoms with E-state index >= 15 is 0 Å². The van der Waals surface area contributed by atoms with Gasteiger partial charge in [-0.3, -0.25) is 4.79 Å². The summed E-state index contributed by atoms with van der Waals surface area (Å²) in [6, 6.07) is 17.5. The number of carbonyl (C=O) groups excluding carboxylic acids is 1. The Morgan fingerprint density at radius 3 is 2.12 bits per heavy atom. The normalized spacial score (nSPS) is 18.9. The molecule has 1 atom stereocenters. The van der Waals surface area contributed by atoms with Crippen LogP contribution in [0.1, 0.15) is 30.6 Å². The molecule has 2 aromatic carbocycles. The molecule has 26 heavy (non-hydrogen) atoms. The first-order valence-electron chi connectivity index (χ1n) is 8.86. The van der Waals surface area contributed by atoms with E-state index in [2.05, 4.69) is 0 Å². The van der Waals surface area contributed by atoms with Gasteiger partial charge >= 0.3 is 0 Å². The van der Waals surface area contributed by atoms with E-state index in [0.717, 1.165) is 0 Å². The molecule has 0 aliphatic carbocycles. The predicted octanol–water partition coefficient (Wildman–Crippen LogP) is 3.21. The fourth-order valence-corrected chi connectivity index (χ4v) is 5.25. The number of carbonyl (C=O) groups is 1. The van der Waals surface area contributed by atoms with E-state index in [0.29, 0.717) is 25.1 Å². The molecule has 0 aromatic heterocycles. The molecule has 1 aliphatic rings. The van der Waals surface area contributed by atoms with Gasteiger partial charge in [-0.2, -0.15) is 4.31 Å². The van der Waals surface area contributed by atoms with Gasteiger partial charge < -0.3 is 4.90 Å². The summed E-state index contributed by atoms with van der Waals surface area (Å²) in [5.41, 5.74) is 0.581. The van der Waals surface area contributed by atoms with Crippen molar-refractivity contribution < 1.29 is 13.2 Å². The van der Waals surface area contributed by atoms with Gasteiger partial charge in [0.2, 0.25) is 10.0 Å². The van der Waals surface area contributed by atoms with Crippen LogP contribution in [0.4, 0.5) is 0 Å². The average molecular weight is 372 g/mol. The van der Waals surface area contributed by atoms with Crippen LogP contribution < -0.4 is 0 Å². The van der Waals surface area contributed by atoms with Gasteiger partial charge in [0, 0.05) is 18.7 Å². The Hall–Kier alpha value is -2.18. The topological polar surface area (TPSA) is 57.7 Å². The first-order chi connectivity index (χ1) is 12.4. The number of rotatable bonds is 4. The van der Waals surface area contributed by atoms with E-state index in [-0.39, 0.29) is 16.7 Å². The minimum Gasteiger partial charge on any atom is -0.322 e. The molecule has 6 heteroatoms. The van der Waals surface area contributed by atoms with Crippen molar-refractivity contribution in [3.63, 3.8) is 0 Å². The van der Waals surface area contributed by atoms with Gasteiger partial charge in [0.1, 0.15) is 6.17 Å². The molecular weight excluding hydrogens is 348 g/mol. The van der Waals surface area contributed by atoms with Crippen molar-refractivity contribution in [1.29, 1.82) is 0 Å². The summed E-state index contributed by atoms with van der Waals surface area (Å²) in [4.78, 5) is 15.0. The highest BCUT2D eigenvalue weighted by Gasteiger charge is 2.41. The zero-order valence-corrected chi connectivity index (χ0v) is 15.9. The third kappa shape index (κ3) is 3.52. The maximum Gasteiger partial charge on any atom is 0.255 e. The largest absolute Gasteiger partial charge is 0.322 e. The van der Waals surface area contributed by atoms with Crippen molar-refractivity contribution in [3.05, 3.63) is 66.2 Å². The highest BCUT2D eigenvalue weighted by molar-refractivity contribution is 7.89. The monoisotopic (exact) mass is 372 g/mol. The van der Waals surface area contributed by atoms with Crippen LogP contribution in [-0.2, 0) is 10.0 Å². The van der Waals surface area contributed by atoms with Gasteiger partial charge in [-0.1, -0.05) is 50.2 Å².